The van der Waals surface area contributed by atoms with Gasteiger partial charge in [0.2, 0.25) is 5.88 Å². The summed E-state index contributed by atoms with van der Waals surface area (Å²) in [6.07, 6.45) is 5.99. The largest absolute Gasteiger partial charge is 0.503 e. The normalized spacial score (nSPS) is 10.9. The Bertz CT molecular complexity index is 656. The van der Waals surface area contributed by atoms with Gasteiger partial charge in [-0.15, -0.1) is 0 Å². The molecule has 0 aliphatic heterocycles. The third-order valence-corrected chi connectivity index (χ3v) is 2.86. The summed E-state index contributed by atoms with van der Waals surface area (Å²) in [6.45, 7) is 0.243. The van der Waals surface area contributed by atoms with Gasteiger partial charge < -0.3 is 14.2 Å². The van der Waals surface area contributed by atoms with Gasteiger partial charge in [-0.1, -0.05) is 24.3 Å². The molecule has 0 amide bonds. The Balaban J connectivity index is 2.26. The van der Waals surface area contributed by atoms with Crippen LogP contribution in [-0.2, 0) is 20.9 Å². The monoisotopic (exact) mass is 300 g/mol. The highest BCUT2D eigenvalue weighted by molar-refractivity contribution is 6.16. The van der Waals surface area contributed by atoms with Gasteiger partial charge in [0.25, 0.3) is 0 Å². The Hall–Kier alpha value is -2.89. The molecule has 2 aromatic rings. The van der Waals surface area contributed by atoms with Crippen LogP contribution in [0.3, 0.4) is 0 Å². The van der Waals surface area contributed by atoms with Gasteiger partial charge in [0.05, 0.1) is 26.7 Å². The fourth-order valence-electron chi connectivity index (χ4n) is 1.87. The highest BCUT2D eigenvalue weighted by atomic mass is 16.5. The van der Waals surface area contributed by atoms with Crippen LogP contribution in [0.15, 0.2) is 49.1 Å². The summed E-state index contributed by atoms with van der Waals surface area (Å²) in [5, 5.41) is 0. The van der Waals surface area contributed by atoms with E-state index in [1.54, 1.807) is 18.5 Å². The molecule has 0 atom stereocenters. The van der Waals surface area contributed by atoms with Gasteiger partial charge in [-0.2, -0.15) is 0 Å². The summed E-state index contributed by atoms with van der Waals surface area (Å²) in [5.74, 6) is -0.0681. The van der Waals surface area contributed by atoms with Gasteiger partial charge >= 0.3 is 5.97 Å². The standard InChI is InChI=1S/C16H16N2O4/c1-20-11-14(16(19)21-2)13-6-4-3-5-12(13)10-22-15-9-17-7-8-18-15/h3-9,11H,10H2,1-2H3/b14-11+. The maximum Gasteiger partial charge on any atom is 0.341 e. The van der Waals surface area contributed by atoms with Gasteiger partial charge in [0.15, 0.2) is 0 Å². The molecule has 0 bridgehead atoms. The highest BCUT2D eigenvalue weighted by Crippen LogP contribution is 2.22. The van der Waals surface area contributed by atoms with Crippen molar-refractivity contribution in [3.63, 3.8) is 0 Å². The van der Waals surface area contributed by atoms with Gasteiger partial charge in [-0.25, -0.2) is 9.78 Å². The number of carbonyl (C=O) groups is 1. The fraction of sp³-hybridized carbons (Fsp3) is 0.188. The first-order valence-electron chi connectivity index (χ1n) is 6.54. The lowest BCUT2D eigenvalue weighted by Gasteiger charge is -2.12. The summed E-state index contributed by atoms with van der Waals surface area (Å²) < 4.78 is 15.3. The molecule has 6 nitrogen and oxygen atoms in total. The van der Waals surface area contributed by atoms with Crippen molar-refractivity contribution in [3.8, 4) is 5.88 Å². The lowest BCUT2D eigenvalue weighted by molar-refractivity contribution is -0.133. The molecule has 0 spiro atoms. The predicted octanol–water partition coefficient (Wildman–Crippen LogP) is 2.22. The van der Waals surface area contributed by atoms with Gasteiger partial charge in [0, 0.05) is 12.4 Å². The zero-order valence-electron chi connectivity index (χ0n) is 12.4. The number of methoxy groups -OCH3 is 2. The Morgan fingerprint density at radius 1 is 1.23 bits per heavy atom. The van der Waals surface area contributed by atoms with Crippen LogP contribution in [0.4, 0.5) is 0 Å². The molecule has 1 aromatic carbocycles. The summed E-state index contributed by atoms with van der Waals surface area (Å²) in [6, 6.07) is 7.35. The first-order valence-corrected chi connectivity index (χ1v) is 6.54. The lowest BCUT2D eigenvalue weighted by Crippen LogP contribution is -2.08. The van der Waals surface area contributed by atoms with Crippen LogP contribution in [-0.4, -0.2) is 30.2 Å². The number of hydrogen-bond donors (Lipinski definition) is 0. The third-order valence-electron chi connectivity index (χ3n) is 2.86. The Labute approximate surface area is 128 Å². The van der Waals surface area contributed by atoms with Crippen molar-refractivity contribution in [2.75, 3.05) is 14.2 Å². The van der Waals surface area contributed by atoms with E-state index in [0.29, 0.717) is 17.0 Å². The van der Waals surface area contributed by atoms with E-state index in [0.717, 1.165) is 5.56 Å². The molecule has 22 heavy (non-hydrogen) atoms. The average Bonchev–Trinajstić information content (AvgIpc) is 2.58. The third kappa shape index (κ3) is 3.82. The minimum atomic E-state index is -0.478. The molecular weight excluding hydrogens is 284 g/mol. The molecule has 114 valence electrons. The minimum Gasteiger partial charge on any atom is -0.503 e. The second-order valence-electron chi connectivity index (χ2n) is 4.25. The van der Waals surface area contributed by atoms with E-state index in [2.05, 4.69) is 9.97 Å². The fourth-order valence-corrected chi connectivity index (χ4v) is 1.87. The molecule has 0 N–H and O–H groups in total. The van der Waals surface area contributed by atoms with Crippen LogP contribution >= 0.6 is 0 Å². The molecule has 0 radical (unpaired) electrons. The maximum atomic E-state index is 11.9. The van der Waals surface area contributed by atoms with Crippen LogP contribution in [0.5, 0.6) is 5.88 Å². The number of aromatic nitrogens is 2. The van der Waals surface area contributed by atoms with Gasteiger partial charge in [-0.05, 0) is 11.1 Å². The topological polar surface area (TPSA) is 70.5 Å². The zero-order valence-corrected chi connectivity index (χ0v) is 12.4. The second kappa shape index (κ2) is 7.78. The number of ether oxygens (including phenoxy) is 3. The zero-order chi connectivity index (χ0) is 15.8. The van der Waals surface area contributed by atoms with Gasteiger partial charge in [-0.3, -0.25) is 4.98 Å². The van der Waals surface area contributed by atoms with Crippen LogP contribution in [0.1, 0.15) is 11.1 Å². The van der Waals surface area contributed by atoms with E-state index in [9.17, 15) is 4.79 Å². The van der Waals surface area contributed by atoms with Crippen molar-refractivity contribution in [3.05, 3.63) is 60.2 Å². The SMILES string of the molecule is CO/C=C(/C(=O)OC)c1ccccc1COc1cnccn1. The Morgan fingerprint density at radius 3 is 2.73 bits per heavy atom. The van der Waals surface area contributed by atoms with Crippen molar-refractivity contribution in [1.82, 2.24) is 9.97 Å². The van der Waals surface area contributed by atoms with Crippen molar-refractivity contribution in [2.45, 2.75) is 6.61 Å². The number of benzene rings is 1. The van der Waals surface area contributed by atoms with E-state index in [-0.39, 0.29) is 6.61 Å². The van der Waals surface area contributed by atoms with Crippen LogP contribution in [0, 0.1) is 0 Å². The molecule has 2 rings (SSSR count). The van der Waals surface area contributed by atoms with E-state index in [1.807, 2.05) is 18.2 Å². The molecule has 1 heterocycles. The summed E-state index contributed by atoms with van der Waals surface area (Å²) in [5.41, 5.74) is 1.81. The van der Waals surface area contributed by atoms with E-state index >= 15 is 0 Å². The Morgan fingerprint density at radius 2 is 2.05 bits per heavy atom. The van der Waals surface area contributed by atoms with Crippen LogP contribution in [0.25, 0.3) is 5.57 Å². The van der Waals surface area contributed by atoms with Crippen LogP contribution < -0.4 is 4.74 Å². The first-order chi connectivity index (χ1) is 10.8. The number of carbonyl (C=O) groups excluding carboxylic acids is 1. The average molecular weight is 300 g/mol. The molecule has 6 heteroatoms. The molecular formula is C16H16N2O4. The number of nitrogens with zero attached hydrogens (tertiary/aromatic N) is 2. The molecule has 0 aliphatic carbocycles. The lowest BCUT2D eigenvalue weighted by atomic mass is 10.0. The maximum absolute atomic E-state index is 11.9. The molecule has 0 saturated carbocycles. The van der Waals surface area contributed by atoms with Crippen molar-refractivity contribution >= 4 is 11.5 Å². The second-order valence-corrected chi connectivity index (χ2v) is 4.25. The summed E-state index contributed by atoms with van der Waals surface area (Å²) in [4.78, 5) is 19.9. The first kappa shape index (κ1) is 15.5. The van der Waals surface area contributed by atoms with E-state index < -0.39 is 5.97 Å². The summed E-state index contributed by atoms with van der Waals surface area (Å²) in [7, 11) is 2.80. The minimum absolute atomic E-state index is 0.243. The van der Waals surface area contributed by atoms with Crippen LogP contribution in [0.2, 0.25) is 0 Å². The quantitative estimate of drug-likeness (QED) is 0.463. The Kier molecular flexibility index (Phi) is 5.48. The molecule has 1 aromatic heterocycles. The van der Waals surface area contributed by atoms with Crippen molar-refractivity contribution in [1.29, 1.82) is 0 Å². The highest BCUT2D eigenvalue weighted by Gasteiger charge is 2.16. The van der Waals surface area contributed by atoms with Crippen molar-refractivity contribution in [2.24, 2.45) is 0 Å². The van der Waals surface area contributed by atoms with E-state index in [1.165, 1.54) is 26.7 Å². The molecule has 0 saturated heterocycles. The van der Waals surface area contributed by atoms with E-state index in [4.69, 9.17) is 14.2 Å². The number of rotatable bonds is 6. The molecule has 0 fully saturated rings. The number of hydrogen-bond acceptors (Lipinski definition) is 6. The number of esters is 1. The van der Waals surface area contributed by atoms with Crippen molar-refractivity contribution < 1.29 is 19.0 Å². The molecule has 0 aliphatic rings. The summed E-state index contributed by atoms with van der Waals surface area (Å²) >= 11 is 0. The predicted molar refractivity (Wildman–Crippen MR) is 79.8 cm³/mol. The smallest absolute Gasteiger partial charge is 0.341 e. The van der Waals surface area contributed by atoms with Gasteiger partial charge in [0.1, 0.15) is 12.2 Å². The molecule has 0 unspecified atom stereocenters.